The van der Waals surface area contributed by atoms with Gasteiger partial charge in [-0.2, -0.15) is 0 Å². The molecule has 1 aliphatic carbocycles. The van der Waals surface area contributed by atoms with Gasteiger partial charge in [0.1, 0.15) is 0 Å². The van der Waals surface area contributed by atoms with Crippen LogP contribution in [0.2, 0.25) is 0 Å². The molecule has 1 nitrogen and oxygen atoms in total. The van der Waals surface area contributed by atoms with E-state index < -0.39 is 0 Å². The lowest BCUT2D eigenvalue weighted by Crippen LogP contribution is -2.23. The highest BCUT2D eigenvalue weighted by atomic mass is 16.3. The summed E-state index contributed by atoms with van der Waals surface area (Å²) in [5.41, 5.74) is 0. The van der Waals surface area contributed by atoms with E-state index in [1.54, 1.807) is 0 Å². The molecule has 42 valence electrons. The molecule has 0 aliphatic heterocycles. The van der Waals surface area contributed by atoms with Crippen LogP contribution >= 0.6 is 0 Å². The lowest BCUT2D eigenvalue weighted by atomic mass is 9.77. The molecule has 7 heavy (non-hydrogen) atoms. The molecule has 0 unspecified atom stereocenters. The average Bonchev–Trinajstić information content (AvgIpc) is 1.58. The van der Waals surface area contributed by atoms with Gasteiger partial charge in [0.2, 0.25) is 0 Å². The molecule has 1 aliphatic rings. The Morgan fingerprint density at radius 2 is 2.14 bits per heavy atom. The average molecular weight is 100 g/mol. The van der Waals surface area contributed by atoms with Crippen LogP contribution in [0.4, 0.5) is 0 Å². The van der Waals surface area contributed by atoms with Crippen molar-refractivity contribution in [2.45, 2.75) is 19.8 Å². The Balaban J connectivity index is 2.06. The summed E-state index contributed by atoms with van der Waals surface area (Å²) in [5.74, 6) is 1.53. The molecule has 0 aromatic rings. The van der Waals surface area contributed by atoms with Crippen LogP contribution in [0.15, 0.2) is 0 Å². The molecule has 1 N–H and O–H groups in total. The van der Waals surface area contributed by atoms with Gasteiger partial charge in [-0.1, -0.05) is 6.92 Å². The zero-order valence-corrected chi connectivity index (χ0v) is 4.72. The first-order valence-corrected chi connectivity index (χ1v) is 2.93. The fraction of sp³-hybridized carbons (Fsp3) is 1.00. The van der Waals surface area contributed by atoms with Gasteiger partial charge >= 0.3 is 0 Å². The second-order valence-electron chi connectivity index (χ2n) is 2.63. The maximum absolute atomic E-state index is 8.50. The Bertz CT molecular complexity index is 55.2. The summed E-state index contributed by atoms with van der Waals surface area (Å²) < 4.78 is 0. The lowest BCUT2D eigenvalue weighted by molar-refractivity contribution is 0.117. The molecule has 1 rings (SSSR count). The normalized spacial score (nSPS) is 40.3. The topological polar surface area (TPSA) is 20.2 Å². The molecular weight excluding hydrogens is 88.1 g/mol. The Labute approximate surface area is 44.4 Å². The van der Waals surface area contributed by atoms with Crippen LogP contribution in [-0.4, -0.2) is 11.7 Å². The van der Waals surface area contributed by atoms with Gasteiger partial charge in [-0.05, 0) is 24.7 Å². The molecule has 1 heteroatoms. The van der Waals surface area contributed by atoms with Crippen molar-refractivity contribution < 1.29 is 5.11 Å². The molecular formula is C6H12O. The standard InChI is InChI=1S/C6H12O/c1-5-2-6(3-5)4-7/h5-7H,2-4H2,1H3/t5-,6+. The van der Waals surface area contributed by atoms with Gasteiger partial charge in [-0.15, -0.1) is 0 Å². The molecule has 0 saturated heterocycles. The molecule has 1 fully saturated rings. The van der Waals surface area contributed by atoms with Gasteiger partial charge in [-0.25, -0.2) is 0 Å². The molecule has 0 heterocycles. The van der Waals surface area contributed by atoms with Crippen molar-refractivity contribution in [2.24, 2.45) is 11.8 Å². The number of aliphatic hydroxyl groups is 1. The Hall–Kier alpha value is -0.0400. The van der Waals surface area contributed by atoms with E-state index in [1.165, 1.54) is 12.8 Å². The molecule has 0 radical (unpaired) electrons. The maximum Gasteiger partial charge on any atom is 0.0459 e. The van der Waals surface area contributed by atoms with Gasteiger partial charge in [0.25, 0.3) is 0 Å². The summed E-state index contributed by atoms with van der Waals surface area (Å²) in [7, 11) is 0. The number of aliphatic hydroxyl groups excluding tert-OH is 1. The second-order valence-corrected chi connectivity index (χ2v) is 2.63. The van der Waals surface area contributed by atoms with E-state index in [0.29, 0.717) is 12.5 Å². The van der Waals surface area contributed by atoms with Crippen molar-refractivity contribution in [3.05, 3.63) is 0 Å². The smallest absolute Gasteiger partial charge is 0.0459 e. The first kappa shape index (κ1) is 5.10. The van der Waals surface area contributed by atoms with Crippen molar-refractivity contribution in [2.75, 3.05) is 6.61 Å². The number of hydrogen-bond donors (Lipinski definition) is 1. The fourth-order valence-corrected chi connectivity index (χ4v) is 1.22. The zero-order valence-electron chi connectivity index (χ0n) is 4.72. The Morgan fingerprint density at radius 3 is 2.29 bits per heavy atom. The third kappa shape index (κ3) is 0.942. The quantitative estimate of drug-likeness (QED) is 0.521. The number of hydrogen-bond acceptors (Lipinski definition) is 1. The largest absolute Gasteiger partial charge is 0.396 e. The van der Waals surface area contributed by atoms with E-state index in [0.717, 1.165) is 5.92 Å². The molecule has 0 spiro atoms. The fourth-order valence-electron chi connectivity index (χ4n) is 1.22. The van der Waals surface area contributed by atoms with Gasteiger partial charge in [0.15, 0.2) is 0 Å². The minimum Gasteiger partial charge on any atom is -0.396 e. The van der Waals surface area contributed by atoms with Gasteiger partial charge in [-0.3, -0.25) is 0 Å². The third-order valence-corrected chi connectivity index (χ3v) is 1.73. The minimum absolute atomic E-state index is 0.407. The van der Waals surface area contributed by atoms with E-state index in [2.05, 4.69) is 6.92 Å². The van der Waals surface area contributed by atoms with E-state index >= 15 is 0 Å². The maximum atomic E-state index is 8.50. The first-order valence-electron chi connectivity index (χ1n) is 2.93. The summed E-state index contributed by atoms with van der Waals surface area (Å²) in [6, 6.07) is 0. The van der Waals surface area contributed by atoms with Crippen LogP contribution in [0.1, 0.15) is 19.8 Å². The lowest BCUT2D eigenvalue weighted by Gasteiger charge is -2.30. The van der Waals surface area contributed by atoms with Crippen molar-refractivity contribution in [1.82, 2.24) is 0 Å². The summed E-state index contributed by atoms with van der Waals surface area (Å²) in [6.45, 7) is 2.64. The van der Waals surface area contributed by atoms with Crippen molar-refractivity contribution >= 4 is 0 Å². The van der Waals surface area contributed by atoms with Crippen molar-refractivity contribution in [3.8, 4) is 0 Å². The van der Waals surface area contributed by atoms with E-state index in [4.69, 9.17) is 5.11 Å². The highest BCUT2D eigenvalue weighted by Crippen LogP contribution is 2.31. The Morgan fingerprint density at radius 1 is 1.57 bits per heavy atom. The van der Waals surface area contributed by atoms with Crippen LogP contribution in [0.3, 0.4) is 0 Å². The van der Waals surface area contributed by atoms with E-state index in [-0.39, 0.29) is 0 Å². The molecule has 0 amide bonds. The number of rotatable bonds is 1. The van der Waals surface area contributed by atoms with Crippen LogP contribution in [0.25, 0.3) is 0 Å². The van der Waals surface area contributed by atoms with Crippen LogP contribution < -0.4 is 0 Å². The highest BCUT2D eigenvalue weighted by molar-refractivity contribution is 4.74. The van der Waals surface area contributed by atoms with Crippen molar-refractivity contribution in [1.29, 1.82) is 0 Å². The monoisotopic (exact) mass is 100 g/mol. The van der Waals surface area contributed by atoms with E-state index in [1.807, 2.05) is 0 Å². The summed E-state index contributed by atoms with van der Waals surface area (Å²) in [6.07, 6.45) is 2.49. The zero-order chi connectivity index (χ0) is 5.28. The van der Waals surface area contributed by atoms with Gasteiger partial charge in [0.05, 0.1) is 0 Å². The molecule has 1 saturated carbocycles. The minimum atomic E-state index is 0.407. The highest BCUT2D eigenvalue weighted by Gasteiger charge is 2.23. The second kappa shape index (κ2) is 1.83. The van der Waals surface area contributed by atoms with Crippen LogP contribution in [0, 0.1) is 11.8 Å². The SMILES string of the molecule is C[C@H]1C[C@@H](CO)C1. The van der Waals surface area contributed by atoms with Crippen LogP contribution in [0.5, 0.6) is 0 Å². The Kier molecular flexibility index (Phi) is 1.33. The first-order chi connectivity index (χ1) is 3.33. The molecule has 0 aromatic heterocycles. The van der Waals surface area contributed by atoms with Crippen molar-refractivity contribution in [3.63, 3.8) is 0 Å². The third-order valence-electron chi connectivity index (χ3n) is 1.73. The van der Waals surface area contributed by atoms with Gasteiger partial charge in [0, 0.05) is 6.61 Å². The van der Waals surface area contributed by atoms with E-state index in [9.17, 15) is 0 Å². The molecule has 0 bridgehead atoms. The summed E-state index contributed by atoms with van der Waals surface area (Å²) >= 11 is 0. The predicted molar refractivity (Wildman–Crippen MR) is 29.0 cm³/mol. The van der Waals surface area contributed by atoms with Gasteiger partial charge < -0.3 is 5.11 Å². The molecule has 0 aromatic carbocycles. The van der Waals surface area contributed by atoms with Crippen LogP contribution in [-0.2, 0) is 0 Å². The summed E-state index contributed by atoms with van der Waals surface area (Å²) in [4.78, 5) is 0. The summed E-state index contributed by atoms with van der Waals surface area (Å²) in [5, 5.41) is 8.50. The molecule has 0 atom stereocenters. The predicted octanol–water partition coefficient (Wildman–Crippen LogP) is 1.02.